The molecule has 0 aliphatic heterocycles. The summed E-state index contributed by atoms with van der Waals surface area (Å²) < 4.78 is 10.6. The van der Waals surface area contributed by atoms with Crippen molar-refractivity contribution in [2.75, 3.05) is 14.2 Å². The fraction of sp³-hybridized carbons (Fsp3) is 0.211. The van der Waals surface area contributed by atoms with E-state index in [2.05, 4.69) is 15.3 Å². The van der Waals surface area contributed by atoms with Crippen LogP contribution in [0.4, 0.5) is 0 Å². The van der Waals surface area contributed by atoms with Gasteiger partial charge in [-0.25, -0.2) is 0 Å². The maximum Gasteiger partial charge on any atom is 0.314 e. The second-order valence-corrected chi connectivity index (χ2v) is 5.97. The van der Waals surface area contributed by atoms with E-state index in [1.165, 1.54) is 6.07 Å². The van der Waals surface area contributed by atoms with E-state index >= 15 is 0 Å². The molecule has 8 heteroatoms. The van der Waals surface area contributed by atoms with Crippen molar-refractivity contribution >= 4 is 16.9 Å². The van der Waals surface area contributed by atoms with Gasteiger partial charge in [0, 0.05) is 11.1 Å². The number of H-pyrrole nitrogens is 2. The first-order chi connectivity index (χ1) is 12.9. The minimum absolute atomic E-state index is 0.332. The monoisotopic (exact) mass is 369 g/mol. The lowest BCUT2D eigenvalue weighted by molar-refractivity contribution is 0.0939. The summed E-state index contributed by atoms with van der Waals surface area (Å²) in [5.41, 5.74) is 0.424. The van der Waals surface area contributed by atoms with Gasteiger partial charge in [0.15, 0.2) is 0 Å². The normalized spacial score (nSPS) is 11.8. The van der Waals surface area contributed by atoms with E-state index in [0.29, 0.717) is 28.1 Å². The first kappa shape index (κ1) is 18.2. The highest BCUT2D eigenvalue weighted by atomic mass is 16.5. The molecule has 3 rings (SSSR count). The molecule has 1 heterocycles. The van der Waals surface area contributed by atoms with Crippen molar-refractivity contribution < 1.29 is 14.3 Å². The molecule has 0 saturated carbocycles. The van der Waals surface area contributed by atoms with Crippen LogP contribution in [0.25, 0.3) is 11.0 Å². The smallest absolute Gasteiger partial charge is 0.314 e. The number of benzene rings is 2. The number of carbonyl (C=O) groups is 1. The van der Waals surface area contributed by atoms with Crippen LogP contribution in [0.3, 0.4) is 0 Å². The Hall–Kier alpha value is -3.55. The minimum Gasteiger partial charge on any atom is -0.497 e. The molecule has 2 aromatic carbocycles. The van der Waals surface area contributed by atoms with E-state index in [4.69, 9.17) is 9.47 Å². The molecule has 3 N–H and O–H groups in total. The van der Waals surface area contributed by atoms with E-state index < -0.39 is 11.1 Å². The number of methoxy groups -OCH3 is 2. The summed E-state index contributed by atoms with van der Waals surface area (Å²) in [6, 6.07) is 9.64. The molecule has 8 nitrogen and oxygen atoms in total. The second kappa shape index (κ2) is 7.36. The van der Waals surface area contributed by atoms with Gasteiger partial charge in [0.25, 0.3) is 5.91 Å². The number of rotatable bonds is 5. The predicted molar refractivity (Wildman–Crippen MR) is 101 cm³/mol. The summed E-state index contributed by atoms with van der Waals surface area (Å²) in [7, 11) is 3.12. The molecule has 0 fully saturated rings. The zero-order valence-electron chi connectivity index (χ0n) is 15.1. The summed E-state index contributed by atoms with van der Waals surface area (Å²) in [6.07, 6.45) is 0. The molecular formula is C19H19N3O5. The third-order valence-corrected chi connectivity index (χ3v) is 4.24. The SMILES string of the molecule is COc1ccc(OC)c(C(C)NC(=O)c2ccc3[nH]c(=O)c(=O)[nH]c3c2)c1. The lowest BCUT2D eigenvalue weighted by Gasteiger charge is -2.18. The first-order valence-corrected chi connectivity index (χ1v) is 8.22. The third kappa shape index (κ3) is 3.69. The first-order valence-electron chi connectivity index (χ1n) is 8.22. The van der Waals surface area contributed by atoms with Gasteiger partial charge >= 0.3 is 11.1 Å². The third-order valence-electron chi connectivity index (χ3n) is 4.24. The number of ether oxygens (including phenoxy) is 2. The number of aromatic amines is 2. The molecule has 1 amide bonds. The van der Waals surface area contributed by atoms with E-state index in [1.807, 2.05) is 6.92 Å². The number of fused-ring (bicyclic) bond motifs is 1. The number of nitrogens with one attached hydrogen (secondary N) is 3. The fourth-order valence-electron chi connectivity index (χ4n) is 2.79. The molecule has 1 aromatic heterocycles. The van der Waals surface area contributed by atoms with Crippen LogP contribution >= 0.6 is 0 Å². The van der Waals surface area contributed by atoms with E-state index in [0.717, 1.165) is 5.56 Å². The summed E-state index contributed by atoms with van der Waals surface area (Å²) >= 11 is 0. The lowest BCUT2D eigenvalue weighted by atomic mass is 10.1. The summed E-state index contributed by atoms with van der Waals surface area (Å²) in [4.78, 5) is 40.4. The van der Waals surface area contributed by atoms with Gasteiger partial charge in [-0.2, -0.15) is 0 Å². The van der Waals surface area contributed by atoms with Crippen molar-refractivity contribution in [3.05, 3.63) is 68.2 Å². The van der Waals surface area contributed by atoms with Gasteiger partial charge in [-0.3, -0.25) is 14.4 Å². The molecular weight excluding hydrogens is 350 g/mol. The summed E-state index contributed by atoms with van der Waals surface area (Å²) in [5.74, 6) is 0.949. The van der Waals surface area contributed by atoms with Crippen LogP contribution in [-0.2, 0) is 0 Å². The van der Waals surface area contributed by atoms with Gasteiger partial charge < -0.3 is 24.8 Å². The fourth-order valence-corrected chi connectivity index (χ4v) is 2.79. The zero-order chi connectivity index (χ0) is 19.6. The maximum absolute atomic E-state index is 12.6. The molecule has 27 heavy (non-hydrogen) atoms. The largest absolute Gasteiger partial charge is 0.497 e. The lowest BCUT2D eigenvalue weighted by Crippen LogP contribution is -2.29. The number of hydrogen-bond donors (Lipinski definition) is 3. The van der Waals surface area contributed by atoms with Gasteiger partial charge in [-0.05, 0) is 43.3 Å². The number of aromatic nitrogens is 2. The quantitative estimate of drug-likeness (QED) is 0.593. The van der Waals surface area contributed by atoms with Crippen molar-refractivity contribution in [2.45, 2.75) is 13.0 Å². The Bertz CT molecular complexity index is 1120. The van der Waals surface area contributed by atoms with Gasteiger partial charge in [0.05, 0.1) is 31.3 Å². The number of amides is 1. The average Bonchev–Trinajstić information content (AvgIpc) is 2.67. The van der Waals surface area contributed by atoms with Crippen LogP contribution in [0.5, 0.6) is 11.5 Å². The Morgan fingerprint density at radius 3 is 2.33 bits per heavy atom. The van der Waals surface area contributed by atoms with Gasteiger partial charge in [0.2, 0.25) is 0 Å². The van der Waals surface area contributed by atoms with Crippen LogP contribution in [0.15, 0.2) is 46.0 Å². The summed E-state index contributed by atoms with van der Waals surface area (Å²) in [6.45, 7) is 1.83. The van der Waals surface area contributed by atoms with Crippen molar-refractivity contribution in [1.82, 2.24) is 15.3 Å². The Balaban J connectivity index is 1.89. The standard InChI is InChI=1S/C19H19N3O5/c1-10(13-9-12(26-2)5-7-16(13)27-3)20-17(23)11-4-6-14-15(8-11)22-19(25)18(24)21-14/h4-10H,1-3H3,(H,20,23)(H,21,24)(H,22,25). The van der Waals surface area contributed by atoms with Crippen molar-refractivity contribution in [3.8, 4) is 11.5 Å². The Kier molecular flexibility index (Phi) is 4.98. The van der Waals surface area contributed by atoms with Crippen LogP contribution in [0.2, 0.25) is 0 Å². The molecule has 0 radical (unpaired) electrons. The van der Waals surface area contributed by atoms with Crippen molar-refractivity contribution in [3.63, 3.8) is 0 Å². The molecule has 140 valence electrons. The van der Waals surface area contributed by atoms with Crippen LogP contribution in [-0.4, -0.2) is 30.1 Å². The molecule has 0 spiro atoms. The Labute approximate surface area is 154 Å². The topological polar surface area (TPSA) is 113 Å². The van der Waals surface area contributed by atoms with Gasteiger partial charge in [0.1, 0.15) is 11.5 Å². The molecule has 3 aromatic rings. The second-order valence-electron chi connectivity index (χ2n) is 5.97. The molecule has 0 saturated heterocycles. The highest BCUT2D eigenvalue weighted by molar-refractivity contribution is 5.97. The van der Waals surface area contributed by atoms with Gasteiger partial charge in [-0.1, -0.05) is 0 Å². The zero-order valence-corrected chi connectivity index (χ0v) is 15.1. The minimum atomic E-state index is -0.769. The van der Waals surface area contributed by atoms with Crippen molar-refractivity contribution in [1.29, 1.82) is 0 Å². The van der Waals surface area contributed by atoms with E-state index in [-0.39, 0.29) is 11.9 Å². The Morgan fingerprint density at radius 2 is 1.67 bits per heavy atom. The highest BCUT2D eigenvalue weighted by Crippen LogP contribution is 2.29. The molecule has 1 atom stereocenters. The van der Waals surface area contributed by atoms with E-state index in [9.17, 15) is 14.4 Å². The molecule has 1 unspecified atom stereocenters. The van der Waals surface area contributed by atoms with E-state index in [1.54, 1.807) is 44.6 Å². The summed E-state index contributed by atoms with van der Waals surface area (Å²) in [5, 5.41) is 2.89. The van der Waals surface area contributed by atoms with Gasteiger partial charge in [-0.15, -0.1) is 0 Å². The maximum atomic E-state index is 12.6. The number of carbonyl (C=O) groups excluding carboxylic acids is 1. The highest BCUT2D eigenvalue weighted by Gasteiger charge is 2.17. The van der Waals surface area contributed by atoms with Crippen molar-refractivity contribution in [2.24, 2.45) is 0 Å². The molecule has 0 bridgehead atoms. The molecule has 0 aliphatic rings. The van der Waals surface area contributed by atoms with Crippen LogP contribution in [0.1, 0.15) is 28.9 Å². The average molecular weight is 369 g/mol. The van der Waals surface area contributed by atoms with Crippen LogP contribution < -0.4 is 25.9 Å². The Morgan fingerprint density at radius 1 is 0.963 bits per heavy atom. The molecule has 0 aliphatic carbocycles. The predicted octanol–water partition coefficient (Wildman–Crippen LogP) is 1.72. The van der Waals surface area contributed by atoms with Crippen LogP contribution in [0, 0.1) is 0 Å². The number of hydrogen-bond acceptors (Lipinski definition) is 5.